The lowest BCUT2D eigenvalue weighted by Gasteiger charge is -2.21. The molecular weight excluding hydrogens is 243 g/mol. The first-order valence-corrected chi connectivity index (χ1v) is 4.92. The second kappa shape index (κ2) is 4.61. The van der Waals surface area contributed by atoms with Crippen LogP contribution in [-0.4, -0.2) is 11.1 Å². The molecule has 1 rings (SSSR count). The van der Waals surface area contributed by atoms with Crippen molar-refractivity contribution in [2.75, 3.05) is 0 Å². The molecular formula is C10H11ClF3NO. The summed E-state index contributed by atoms with van der Waals surface area (Å²) < 4.78 is 37.9. The van der Waals surface area contributed by atoms with Gasteiger partial charge >= 0.3 is 6.18 Å². The van der Waals surface area contributed by atoms with E-state index >= 15 is 0 Å². The molecule has 3 N–H and O–H groups in total. The van der Waals surface area contributed by atoms with E-state index in [0.717, 1.165) is 6.07 Å². The van der Waals surface area contributed by atoms with Gasteiger partial charge in [-0.2, -0.15) is 13.2 Å². The number of halogens is 4. The third kappa shape index (κ3) is 2.66. The van der Waals surface area contributed by atoms with Crippen LogP contribution in [0.15, 0.2) is 18.2 Å². The lowest BCUT2D eigenvalue weighted by molar-refractivity contribution is -0.139. The largest absolute Gasteiger partial charge is 0.416 e. The van der Waals surface area contributed by atoms with Gasteiger partial charge in [-0.15, -0.1) is 0 Å². The third-order valence-corrected chi connectivity index (χ3v) is 2.48. The maximum atomic E-state index is 12.6. The summed E-state index contributed by atoms with van der Waals surface area (Å²) in [6, 6.07) is 2.51. The fourth-order valence-corrected chi connectivity index (χ4v) is 1.63. The molecule has 0 fully saturated rings. The van der Waals surface area contributed by atoms with Crippen LogP contribution in [0.1, 0.15) is 24.2 Å². The second-order valence-corrected chi connectivity index (χ2v) is 3.91. The van der Waals surface area contributed by atoms with Gasteiger partial charge in [0.15, 0.2) is 0 Å². The van der Waals surface area contributed by atoms with Crippen LogP contribution in [0.3, 0.4) is 0 Å². The molecule has 1 aromatic rings. The molecule has 2 atom stereocenters. The van der Waals surface area contributed by atoms with Crippen LogP contribution in [0.2, 0.25) is 5.02 Å². The summed E-state index contributed by atoms with van der Waals surface area (Å²) in [4.78, 5) is 0. The van der Waals surface area contributed by atoms with E-state index in [2.05, 4.69) is 0 Å². The van der Waals surface area contributed by atoms with Crippen molar-refractivity contribution in [1.29, 1.82) is 0 Å². The highest BCUT2D eigenvalue weighted by molar-refractivity contribution is 6.31. The predicted octanol–water partition coefficient (Wildman–Crippen LogP) is 2.74. The van der Waals surface area contributed by atoms with Gasteiger partial charge in [0, 0.05) is 16.6 Å². The van der Waals surface area contributed by atoms with Crippen LogP contribution >= 0.6 is 11.6 Å². The van der Waals surface area contributed by atoms with Crippen LogP contribution in [0, 0.1) is 0 Å². The fraction of sp³-hybridized carbons (Fsp3) is 0.400. The molecule has 0 heterocycles. The van der Waals surface area contributed by atoms with Crippen LogP contribution in [0.4, 0.5) is 13.2 Å². The lowest BCUT2D eigenvalue weighted by atomic mass is 9.98. The standard InChI is InChI=1S/C10H11ClF3NO/c1-5(15)9(16)8-6(10(12,13)14)3-2-4-7(8)11/h2-5,9,16H,15H2,1H3/t5-,9-/m0/s1. The Balaban J connectivity index is 3.35. The molecule has 0 aliphatic rings. The first-order chi connectivity index (χ1) is 7.25. The van der Waals surface area contributed by atoms with Crippen molar-refractivity contribution < 1.29 is 18.3 Å². The van der Waals surface area contributed by atoms with Crippen LogP contribution < -0.4 is 5.73 Å². The van der Waals surface area contributed by atoms with Crippen molar-refractivity contribution in [1.82, 2.24) is 0 Å². The first kappa shape index (κ1) is 13.3. The second-order valence-electron chi connectivity index (χ2n) is 3.50. The lowest BCUT2D eigenvalue weighted by Crippen LogP contribution is -2.27. The molecule has 0 saturated heterocycles. The van der Waals surface area contributed by atoms with Gasteiger partial charge in [0.25, 0.3) is 0 Å². The number of hydrogen-bond acceptors (Lipinski definition) is 2. The van der Waals surface area contributed by atoms with Gasteiger partial charge in [0.1, 0.15) is 0 Å². The van der Waals surface area contributed by atoms with Gasteiger partial charge in [-0.25, -0.2) is 0 Å². The van der Waals surface area contributed by atoms with Crippen LogP contribution in [0.25, 0.3) is 0 Å². The number of alkyl halides is 3. The minimum absolute atomic E-state index is 0.139. The van der Waals surface area contributed by atoms with Crippen molar-refractivity contribution in [2.24, 2.45) is 5.73 Å². The summed E-state index contributed by atoms with van der Waals surface area (Å²) >= 11 is 5.66. The zero-order valence-corrected chi connectivity index (χ0v) is 9.18. The molecule has 0 aliphatic carbocycles. The number of aliphatic hydroxyl groups excluding tert-OH is 1. The van der Waals surface area contributed by atoms with E-state index in [-0.39, 0.29) is 10.6 Å². The van der Waals surface area contributed by atoms with Crippen molar-refractivity contribution in [3.8, 4) is 0 Å². The minimum atomic E-state index is -4.56. The van der Waals surface area contributed by atoms with E-state index in [1.165, 1.54) is 19.1 Å². The Bertz CT molecular complexity index is 379. The van der Waals surface area contributed by atoms with E-state index < -0.39 is 23.9 Å². The Hall–Kier alpha value is -0.780. The average Bonchev–Trinajstić information content (AvgIpc) is 2.14. The van der Waals surface area contributed by atoms with E-state index in [4.69, 9.17) is 17.3 Å². The molecule has 1 aromatic carbocycles. The van der Waals surface area contributed by atoms with Gasteiger partial charge in [0.2, 0.25) is 0 Å². The molecule has 0 amide bonds. The van der Waals surface area contributed by atoms with Gasteiger partial charge in [-0.05, 0) is 19.1 Å². The maximum Gasteiger partial charge on any atom is 0.416 e. The molecule has 0 aliphatic heterocycles. The molecule has 2 nitrogen and oxygen atoms in total. The molecule has 0 saturated carbocycles. The fourth-order valence-electron chi connectivity index (χ4n) is 1.35. The Labute approximate surface area is 95.8 Å². The third-order valence-electron chi connectivity index (χ3n) is 2.15. The van der Waals surface area contributed by atoms with Crippen molar-refractivity contribution in [3.63, 3.8) is 0 Å². The molecule has 16 heavy (non-hydrogen) atoms. The maximum absolute atomic E-state index is 12.6. The smallest absolute Gasteiger partial charge is 0.387 e. The summed E-state index contributed by atoms with van der Waals surface area (Å²) in [5.41, 5.74) is 4.05. The van der Waals surface area contributed by atoms with Crippen molar-refractivity contribution >= 4 is 11.6 Å². The quantitative estimate of drug-likeness (QED) is 0.851. The highest BCUT2D eigenvalue weighted by Crippen LogP contribution is 2.38. The minimum Gasteiger partial charge on any atom is -0.387 e. The normalized spacial score (nSPS) is 15.9. The van der Waals surface area contributed by atoms with Gasteiger partial charge in [-0.3, -0.25) is 0 Å². The summed E-state index contributed by atoms with van der Waals surface area (Å²) in [6.45, 7) is 1.41. The summed E-state index contributed by atoms with van der Waals surface area (Å²) in [6.07, 6.45) is -6.00. The Morgan fingerprint density at radius 3 is 2.38 bits per heavy atom. The summed E-state index contributed by atoms with van der Waals surface area (Å²) in [5, 5.41) is 9.47. The number of aliphatic hydroxyl groups is 1. The zero-order chi connectivity index (χ0) is 12.5. The number of nitrogens with two attached hydrogens (primary N) is 1. The van der Waals surface area contributed by atoms with E-state index in [9.17, 15) is 18.3 Å². The number of benzene rings is 1. The van der Waals surface area contributed by atoms with E-state index in [1.54, 1.807) is 0 Å². The van der Waals surface area contributed by atoms with Crippen molar-refractivity contribution in [3.05, 3.63) is 34.3 Å². The molecule has 0 spiro atoms. The van der Waals surface area contributed by atoms with Gasteiger partial charge < -0.3 is 10.8 Å². The van der Waals surface area contributed by atoms with Crippen LogP contribution in [-0.2, 0) is 6.18 Å². The molecule has 90 valence electrons. The molecule has 0 unspecified atom stereocenters. The molecule has 0 radical (unpaired) electrons. The summed E-state index contributed by atoms with van der Waals surface area (Å²) in [5.74, 6) is 0. The number of rotatable bonds is 2. The van der Waals surface area contributed by atoms with Crippen LogP contribution in [0.5, 0.6) is 0 Å². The Kier molecular flexibility index (Phi) is 3.83. The van der Waals surface area contributed by atoms with E-state index in [0.29, 0.717) is 0 Å². The molecule has 6 heteroatoms. The Morgan fingerprint density at radius 1 is 1.38 bits per heavy atom. The monoisotopic (exact) mass is 253 g/mol. The highest BCUT2D eigenvalue weighted by atomic mass is 35.5. The number of hydrogen-bond donors (Lipinski definition) is 2. The van der Waals surface area contributed by atoms with Gasteiger partial charge in [0.05, 0.1) is 11.7 Å². The first-order valence-electron chi connectivity index (χ1n) is 4.54. The topological polar surface area (TPSA) is 46.2 Å². The molecule has 0 bridgehead atoms. The van der Waals surface area contributed by atoms with E-state index in [1.807, 2.05) is 0 Å². The highest BCUT2D eigenvalue weighted by Gasteiger charge is 2.36. The average molecular weight is 254 g/mol. The summed E-state index contributed by atoms with van der Waals surface area (Å²) in [7, 11) is 0. The predicted molar refractivity (Wildman–Crippen MR) is 55.1 cm³/mol. The van der Waals surface area contributed by atoms with Gasteiger partial charge in [-0.1, -0.05) is 17.7 Å². The zero-order valence-electron chi connectivity index (χ0n) is 8.42. The Morgan fingerprint density at radius 2 is 1.94 bits per heavy atom. The van der Waals surface area contributed by atoms with Crippen molar-refractivity contribution in [2.45, 2.75) is 25.2 Å². The molecule has 0 aromatic heterocycles. The SMILES string of the molecule is C[C@H](N)[C@H](O)c1c(Cl)cccc1C(F)(F)F.